The third-order valence-electron chi connectivity index (χ3n) is 2.94. The SMILES string of the molecule is C=C(CCC1COc2cc(O)ccc21)OC. The van der Waals surface area contributed by atoms with Crippen LogP contribution < -0.4 is 4.74 Å². The van der Waals surface area contributed by atoms with Crippen molar-refractivity contribution >= 4 is 0 Å². The Morgan fingerprint density at radius 3 is 3.19 bits per heavy atom. The lowest BCUT2D eigenvalue weighted by atomic mass is 9.96. The Bertz CT molecular complexity index is 398. The predicted octanol–water partition coefficient (Wildman–Crippen LogP) is 2.81. The number of benzene rings is 1. The summed E-state index contributed by atoms with van der Waals surface area (Å²) in [7, 11) is 1.64. The number of fused-ring (bicyclic) bond motifs is 1. The quantitative estimate of drug-likeness (QED) is 0.793. The van der Waals surface area contributed by atoms with Gasteiger partial charge in [0.2, 0.25) is 0 Å². The first kappa shape index (κ1) is 10.9. The zero-order valence-electron chi connectivity index (χ0n) is 9.40. The van der Waals surface area contributed by atoms with Crippen molar-refractivity contribution < 1.29 is 14.6 Å². The van der Waals surface area contributed by atoms with Crippen molar-refractivity contribution in [2.75, 3.05) is 13.7 Å². The predicted molar refractivity (Wildman–Crippen MR) is 61.7 cm³/mol. The van der Waals surface area contributed by atoms with Crippen LogP contribution in [0.15, 0.2) is 30.5 Å². The molecule has 16 heavy (non-hydrogen) atoms. The summed E-state index contributed by atoms with van der Waals surface area (Å²) in [5.74, 6) is 2.23. The van der Waals surface area contributed by atoms with Gasteiger partial charge in [-0.3, -0.25) is 0 Å². The summed E-state index contributed by atoms with van der Waals surface area (Å²) in [6.07, 6.45) is 1.80. The second-order valence-corrected chi connectivity index (χ2v) is 4.01. The molecule has 1 aliphatic heterocycles. The van der Waals surface area contributed by atoms with E-state index in [0.29, 0.717) is 12.5 Å². The second-order valence-electron chi connectivity index (χ2n) is 4.01. The molecule has 86 valence electrons. The molecule has 2 rings (SSSR count). The number of rotatable bonds is 4. The van der Waals surface area contributed by atoms with Gasteiger partial charge >= 0.3 is 0 Å². The third-order valence-corrected chi connectivity index (χ3v) is 2.94. The molecule has 1 unspecified atom stereocenters. The zero-order valence-corrected chi connectivity index (χ0v) is 9.40. The van der Waals surface area contributed by atoms with Crippen LogP contribution in [0.5, 0.6) is 11.5 Å². The number of allylic oxidation sites excluding steroid dienone is 1. The standard InChI is InChI=1S/C13H16O3/c1-9(15-2)3-4-10-8-16-13-7-11(14)5-6-12(10)13/h5-7,10,14H,1,3-4,8H2,2H3. The van der Waals surface area contributed by atoms with Gasteiger partial charge in [0.25, 0.3) is 0 Å². The molecule has 3 nitrogen and oxygen atoms in total. The highest BCUT2D eigenvalue weighted by Crippen LogP contribution is 2.38. The number of methoxy groups -OCH3 is 1. The van der Waals surface area contributed by atoms with E-state index in [9.17, 15) is 5.11 Å². The molecule has 1 aliphatic rings. The highest BCUT2D eigenvalue weighted by atomic mass is 16.5. The summed E-state index contributed by atoms with van der Waals surface area (Å²) >= 11 is 0. The van der Waals surface area contributed by atoms with Gasteiger partial charge in [-0.05, 0) is 12.5 Å². The van der Waals surface area contributed by atoms with Crippen LogP contribution >= 0.6 is 0 Å². The molecule has 1 atom stereocenters. The minimum Gasteiger partial charge on any atom is -0.508 e. The minimum absolute atomic E-state index is 0.251. The molecular weight excluding hydrogens is 204 g/mol. The van der Waals surface area contributed by atoms with E-state index in [1.165, 1.54) is 5.56 Å². The Morgan fingerprint density at radius 2 is 2.44 bits per heavy atom. The topological polar surface area (TPSA) is 38.7 Å². The van der Waals surface area contributed by atoms with E-state index in [2.05, 4.69) is 6.58 Å². The first-order valence-electron chi connectivity index (χ1n) is 5.38. The fourth-order valence-electron chi connectivity index (χ4n) is 1.94. The minimum atomic E-state index is 0.251. The van der Waals surface area contributed by atoms with Gasteiger partial charge in [0, 0.05) is 24.0 Å². The molecule has 1 heterocycles. The lowest BCUT2D eigenvalue weighted by molar-refractivity contribution is 0.267. The van der Waals surface area contributed by atoms with Gasteiger partial charge in [0.05, 0.1) is 19.5 Å². The average molecular weight is 220 g/mol. The fourth-order valence-corrected chi connectivity index (χ4v) is 1.94. The summed E-state index contributed by atoms with van der Waals surface area (Å²) in [6.45, 7) is 4.48. The molecule has 1 aromatic rings. The molecule has 0 saturated carbocycles. The van der Waals surface area contributed by atoms with Gasteiger partial charge in [-0.1, -0.05) is 12.6 Å². The van der Waals surface area contributed by atoms with Crippen molar-refractivity contribution in [3.63, 3.8) is 0 Å². The summed E-state index contributed by atoms with van der Waals surface area (Å²) in [4.78, 5) is 0. The first-order chi connectivity index (χ1) is 7.70. The number of phenolic OH excluding ortho intramolecular Hbond substituents is 1. The van der Waals surface area contributed by atoms with E-state index in [0.717, 1.165) is 24.4 Å². The van der Waals surface area contributed by atoms with Crippen LogP contribution in [-0.2, 0) is 4.74 Å². The van der Waals surface area contributed by atoms with Gasteiger partial charge in [-0.2, -0.15) is 0 Å². The largest absolute Gasteiger partial charge is 0.508 e. The maximum absolute atomic E-state index is 9.32. The van der Waals surface area contributed by atoms with E-state index >= 15 is 0 Å². The van der Waals surface area contributed by atoms with Crippen LogP contribution in [0.25, 0.3) is 0 Å². The molecule has 3 heteroatoms. The Morgan fingerprint density at radius 1 is 1.62 bits per heavy atom. The average Bonchev–Trinajstić information content (AvgIpc) is 2.68. The zero-order chi connectivity index (χ0) is 11.5. The van der Waals surface area contributed by atoms with E-state index in [-0.39, 0.29) is 5.75 Å². The van der Waals surface area contributed by atoms with E-state index in [1.54, 1.807) is 19.2 Å². The van der Waals surface area contributed by atoms with Crippen molar-refractivity contribution in [3.8, 4) is 11.5 Å². The normalized spacial score (nSPS) is 17.7. The Labute approximate surface area is 95.3 Å². The number of phenols is 1. The van der Waals surface area contributed by atoms with E-state index in [4.69, 9.17) is 9.47 Å². The molecule has 1 aromatic carbocycles. The van der Waals surface area contributed by atoms with Crippen molar-refractivity contribution in [2.24, 2.45) is 0 Å². The second kappa shape index (κ2) is 4.47. The van der Waals surface area contributed by atoms with Crippen LogP contribution in [0, 0.1) is 0 Å². The maximum atomic E-state index is 9.32. The van der Waals surface area contributed by atoms with Crippen LogP contribution in [0.1, 0.15) is 24.3 Å². The summed E-state index contributed by atoms with van der Waals surface area (Å²) < 4.78 is 10.6. The highest BCUT2D eigenvalue weighted by Gasteiger charge is 2.24. The van der Waals surface area contributed by atoms with Gasteiger partial charge in [0.15, 0.2) is 0 Å². The summed E-state index contributed by atoms with van der Waals surface area (Å²) in [5, 5.41) is 9.32. The van der Waals surface area contributed by atoms with Crippen molar-refractivity contribution in [1.29, 1.82) is 0 Å². The smallest absolute Gasteiger partial charge is 0.126 e. The molecule has 0 aliphatic carbocycles. The van der Waals surface area contributed by atoms with Crippen LogP contribution in [0.4, 0.5) is 0 Å². The monoisotopic (exact) mass is 220 g/mol. The molecule has 0 aromatic heterocycles. The number of ether oxygens (including phenoxy) is 2. The van der Waals surface area contributed by atoms with E-state index in [1.807, 2.05) is 6.07 Å². The molecule has 0 bridgehead atoms. The molecular formula is C13H16O3. The number of hydrogen-bond donors (Lipinski definition) is 1. The molecule has 0 spiro atoms. The molecule has 0 radical (unpaired) electrons. The van der Waals surface area contributed by atoms with Gasteiger partial charge in [-0.25, -0.2) is 0 Å². The van der Waals surface area contributed by atoms with Crippen molar-refractivity contribution in [2.45, 2.75) is 18.8 Å². The van der Waals surface area contributed by atoms with Crippen LogP contribution in [0.3, 0.4) is 0 Å². The van der Waals surface area contributed by atoms with Crippen LogP contribution in [0.2, 0.25) is 0 Å². The number of aromatic hydroxyl groups is 1. The summed E-state index contributed by atoms with van der Waals surface area (Å²) in [6, 6.07) is 5.30. The van der Waals surface area contributed by atoms with E-state index < -0.39 is 0 Å². The van der Waals surface area contributed by atoms with Gasteiger partial charge < -0.3 is 14.6 Å². The lowest BCUT2D eigenvalue weighted by Gasteiger charge is -2.09. The molecule has 0 fully saturated rings. The fraction of sp³-hybridized carbons (Fsp3) is 0.385. The van der Waals surface area contributed by atoms with Gasteiger partial charge in [-0.15, -0.1) is 0 Å². The van der Waals surface area contributed by atoms with Crippen molar-refractivity contribution in [3.05, 3.63) is 36.1 Å². The third kappa shape index (κ3) is 2.13. The van der Waals surface area contributed by atoms with Crippen LogP contribution in [-0.4, -0.2) is 18.8 Å². The van der Waals surface area contributed by atoms with Gasteiger partial charge in [0.1, 0.15) is 11.5 Å². The Balaban J connectivity index is 2.03. The molecule has 0 amide bonds. The highest BCUT2D eigenvalue weighted by molar-refractivity contribution is 5.44. The number of hydrogen-bond acceptors (Lipinski definition) is 3. The van der Waals surface area contributed by atoms with Crippen molar-refractivity contribution in [1.82, 2.24) is 0 Å². The molecule has 1 N–H and O–H groups in total. The lowest BCUT2D eigenvalue weighted by Crippen LogP contribution is -2.01. The maximum Gasteiger partial charge on any atom is 0.126 e. The Hall–Kier alpha value is -1.64. The summed E-state index contributed by atoms with van der Waals surface area (Å²) in [5.41, 5.74) is 1.17. The Kier molecular flexibility index (Phi) is 3.04. The first-order valence-corrected chi connectivity index (χ1v) is 5.38. The molecule has 0 saturated heterocycles.